The van der Waals surface area contributed by atoms with Gasteiger partial charge in [-0.3, -0.25) is 0 Å². The van der Waals surface area contributed by atoms with Crippen LogP contribution in [-0.4, -0.2) is 29.1 Å². The summed E-state index contributed by atoms with van der Waals surface area (Å²) in [6.45, 7) is 9.48. The van der Waals surface area contributed by atoms with Crippen LogP contribution < -0.4 is 0 Å². The lowest BCUT2D eigenvalue weighted by molar-refractivity contribution is 0.135. The van der Waals surface area contributed by atoms with Gasteiger partial charge in [0.05, 0.1) is 0 Å². The standard InChI is InChI=1S/C40H80N2/c1-4-7-10-13-16-18-20-21-22-23-25-28-31-34-37-42-39-38-41(36-33-30-27-15-12-9-6-3)40(42)35-32-29-26-24-19-17-14-11-8-5-2/h38-40H,4-37H2,1-3H3. The first kappa shape index (κ1) is 39.4. The van der Waals surface area contributed by atoms with Crippen LogP contribution in [0.4, 0.5) is 0 Å². The second-order valence-corrected chi connectivity index (χ2v) is 13.9. The van der Waals surface area contributed by atoms with Crippen molar-refractivity contribution in [3.63, 3.8) is 0 Å². The highest BCUT2D eigenvalue weighted by Crippen LogP contribution is 2.24. The summed E-state index contributed by atoms with van der Waals surface area (Å²) in [5.74, 6) is 0. The first-order valence-corrected chi connectivity index (χ1v) is 20.0. The normalized spacial score (nSPS) is 15.0. The Labute approximate surface area is 267 Å². The fraction of sp³-hybridized carbons (Fsp3) is 0.950. The number of rotatable bonds is 34. The summed E-state index contributed by atoms with van der Waals surface area (Å²) in [4.78, 5) is 5.43. The van der Waals surface area contributed by atoms with Gasteiger partial charge in [-0.05, 0) is 25.7 Å². The lowest BCUT2D eigenvalue weighted by Gasteiger charge is -2.33. The molecule has 1 heterocycles. The van der Waals surface area contributed by atoms with Gasteiger partial charge in [-0.1, -0.05) is 201 Å². The van der Waals surface area contributed by atoms with E-state index in [4.69, 9.17) is 0 Å². The molecule has 0 saturated carbocycles. The predicted octanol–water partition coefficient (Wildman–Crippen LogP) is 13.9. The lowest BCUT2D eigenvalue weighted by atomic mass is 10.0. The Morgan fingerprint density at radius 1 is 0.310 bits per heavy atom. The van der Waals surface area contributed by atoms with Crippen molar-refractivity contribution in [1.82, 2.24) is 9.80 Å². The summed E-state index contributed by atoms with van der Waals surface area (Å²) in [5.41, 5.74) is 0. The van der Waals surface area contributed by atoms with Gasteiger partial charge < -0.3 is 9.80 Å². The molecular formula is C40H80N2. The van der Waals surface area contributed by atoms with Gasteiger partial charge >= 0.3 is 0 Å². The molecule has 1 atom stereocenters. The molecule has 0 aromatic carbocycles. The van der Waals surface area contributed by atoms with Gasteiger partial charge in [0.2, 0.25) is 0 Å². The van der Waals surface area contributed by atoms with Crippen molar-refractivity contribution < 1.29 is 0 Å². The molecule has 1 aliphatic rings. The van der Waals surface area contributed by atoms with Crippen molar-refractivity contribution in [3.05, 3.63) is 12.4 Å². The molecule has 250 valence electrons. The second-order valence-electron chi connectivity index (χ2n) is 13.9. The summed E-state index contributed by atoms with van der Waals surface area (Å²) >= 11 is 0. The summed E-state index contributed by atoms with van der Waals surface area (Å²) in [5, 5.41) is 0. The highest BCUT2D eigenvalue weighted by Gasteiger charge is 2.24. The zero-order valence-electron chi connectivity index (χ0n) is 29.7. The molecule has 1 rings (SSSR count). The third kappa shape index (κ3) is 23.8. The van der Waals surface area contributed by atoms with Crippen molar-refractivity contribution in [1.29, 1.82) is 0 Å². The van der Waals surface area contributed by atoms with E-state index < -0.39 is 0 Å². The predicted molar refractivity (Wildman–Crippen MR) is 191 cm³/mol. The van der Waals surface area contributed by atoms with E-state index in [9.17, 15) is 0 Å². The van der Waals surface area contributed by atoms with Crippen LogP contribution in [0.15, 0.2) is 12.4 Å². The molecule has 0 aliphatic carbocycles. The maximum absolute atomic E-state index is 2.72. The van der Waals surface area contributed by atoms with Gasteiger partial charge in [-0.25, -0.2) is 0 Å². The van der Waals surface area contributed by atoms with E-state index in [1.165, 1.54) is 219 Å². The monoisotopic (exact) mass is 589 g/mol. The molecule has 0 bridgehead atoms. The molecule has 0 amide bonds. The molecule has 0 radical (unpaired) electrons. The molecule has 0 saturated heterocycles. The van der Waals surface area contributed by atoms with Gasteiger partial charge in [-0.2, -0.15) is 0 Å². The smallest absolute Gasteiger partial charge is 0.101 e. The lowest BCUT2D eigenvalue weighted by Crippen LogP contribution is -2.39. The van der Waals surface area contributed by atoms with Gasteiger partial charge in [0.25, 0.3) is 0 Å². The largest absolute Gasteiger partial charge is 0.356 e. The summed E-state index contributed by atoms with van der Waals surface area (Å²) in [6.07, 6.45) is 51.4. The van der Waals surface area contributed by atoms with Crippen LogP contribution in [0.25, 0.3) is 0 Å². The van der Waals surface area contributed by atoms with Gasteiger partial charge in [0, 0.05) is 25.5 Å². The van der Waals surface area contributed by atoms with Crippen molar-refractivity contribution in [2.24, 2.45) is 0 Å². The van der Waals surface area contributed by atoms with E-state index in [1.807, 2.05) is 0 Å². The number of unbranched alkanes of at least 4 members (excludes halogenated alkanes) is 28. The molecular weight excluding hydrogens is 508 g/mol. The SMILES string of the molecule is CCCCCCCCCCCCCCCCN1C=CN(CCCCCCCCC)C1CCCCCCCCCCCC. The molecule has 0 fully saturated rings. The van der Waals surface area contributed by atoms with Crippen molar-refractivity contribution in [3.8, 4) is 0 Å². The van der Waals surface area contributed by atoms with Crippen LogP contribution in [0, 0.1) is 0 Å². The van der Waals surface area contributed by atoms with Gasteiger partial charge in [-0.15, -0.1) is 0 Å². The Morgan fingerprint density at radius 3 is 0.833 bits per heavy atom. The van der Waals surface area contributed by atoms with Gasteiger partial charge in [0.15, 0.2) is 0 Å². The molecule has 0 spiro atoms. The number of hydrogen-bond acceptors (Lipinski definition) is 2. The molecule has 0 aromatic heterocycles. The minimum atomic E-state index is 0.640. The van der Waals surface area contributed by atoms with Crippen molar-refractivity contribution >= 4 is 0 Å². The van der Waals surface area contributed by atoms with Crippen LogP contribution in [0.1, 0.15) is 226 Å². The Balaban J connectivity index is 2.19. The fourth-order valence-corrected chi connectivity index (χ4v) is 6.89. The first-order chi connectivity index (χ1) is 20.8. The van der Waals surface area contributed by atoms with Crippen LogP contribution in [-0.2, 0) is 0 Å². The fourth-order valence-electron chi connectivity index (χ4n) is 6.89. The van der Waals surface area contributed by atoms with E-state index in [0.717, 1.165) is 0 Å². The number of nitrogens with zero attached hydrogens (tertiary/aromatic N) is 2. The average molecular weight is 589 g/mol. The summed E-state index contributed by atoms with van der Waals surface area (Å²) in [7, 11) is 0. The maximum atomic E-state index is 2.72. The summed E-state index contributed by atoms with van der Waals surface area (Å²) in [6, 6.07) is 0. The molecule has 0 aromatic rings. The van der Waals surface area contributed by atoms with E-state index in [2.05, 4.69) is 43.0 Å². The molecule has 1 aliphatic heterocycles. The zero-order valence-corrected chi connectivity index (χ0v) is 29.7. The Bertz CT molecular complexity index is 544. The van der Waals surface area contributed by atoms with Gasteiger partial charge in [0.1, 0.15) is 6.17 Å². The van der Waals surface area contributed by atoms with E-state index in [1.54, 1.807) is 0 Å². The van der Waals surface area contributed by atoms with Crippen LogP contribution >= 0.6 is 0 Å². The van der Waals surface area contributed by atoms with Crippen LogP contribution in [0.2, 0.25) is 0 Å². The number of hydrogen-bond donors (Lipinski definition) is 0. The highest BCUT2D eigenvalue weighted by atomic mass is 15.4. The third-order valence-corrected chi connectivity index (χ3v) is 9.82. The Kier molecular flexibility index (Phi) is 29.8. The molecule has 1 unspecified atom stereocenters. The van der Waals surface area contributed by atoms with Crippen molar-refractivity contribution in [2.45, 2.75) is 232 Å². The maximum Gasteiger partial charge on any atom is 0.101 e. The highest BCUT2D eigenvalue weighted by molar-refractivity contribution is 4.97. The molecule has 0 N–H and O–H groups in total. The molecule has 42 heavy (non-hydrogen) atoms. The molecule has 2 nitrogen and oxygen atoms in total. The second kappa shape index (κ2) is 31.8. The van der Waals surface area contributed by atoms with E-state index in [0.29, 0.717) is 6.17 Å². The topological polar surface area (TPSA) is 6.48 Å². The quantitative estimate of drug-likeness (QED) is 0.0690. The first-order valence-electron chi connectivity index (χ1n) is 20.0. The Morgan fingerprint density at radius 2 is 0.548 bits per heavy atom. The Hall–Kier alpha value is -0.660. The summed E-state index contributed by atoms with van der Waals surface area (Å²) < 4.78 is 0. The zero-order chi connectivity index (χ0) is 30.2. The minimum Gasteiger partial charge on any atom is -0.356 e. The van der Waals surface area contributed by atoms with E-state index in [-0.39, 0.29) is 0 Å². The minimum absolute atomic E-state index is 0.640. The van der Waals surface area contributed by atoms with E-state index >= 15 is 0 Å². The van der Waals surface area contributed by atoms with Crippen molar-refractivity contribution in [2.75, 3.05) is 13.1 Å². The molecule has 2 heteroatoms. The van der Waals surface area contributed by atoms with Crippen LogP contribution in [0.5, 0.6) is 0 Å². The average Bonchev–Trinajstić information content (AvgIpc) is 3.38. The third-order valence-electron chi connectivity index (χ3n) is 9.82. The van der Waals surface area contributed by atoms with Crippen LogP contribution in [0.3, 0.4) is 0 Å².